The molecule has 0 aliphatic rings. The number of hydrazone groups is 1. The first-order valence-electron chi connectivity index (χ1n) is 8.52. The number of rotatable bonds is 8. The molecule has 1 amide bonds. The van der Waals surface area contributed by atoms with E-state index in [4.69, 9.17) is 4.74 Å². The minimum absolute atomic E-state index is 0.197. The molecule has 0 aliphatic carbocycles. The van der Waals surface area contributed by atoms with E-state index in [1.165, 1.54) is 11.8 Å². The quantitative estimate of drug-likeness (QED) is 0.332. The van der Waals surface area contributed by atoms with E-state index in [2.05, 4.69) is 27.4 Å². The van der Waals surface area contributed by atoms with Crippen LogP contribution in [-0.2, 0) is 4.79 Å². The fraction of sp³-hybridized carbons (Fsp3) is 0.368. The summed E-state index contributed by atoms with van der Waals surface area (Å²) in [5, 5.41) is 4.26. The van der Waals surface area contributed by atoms with E-state index in [-0.39, 0.29) is 11.2 Å². The van der Waals surface area contributed by atoms with Gasteiger partial charge in [-0.25, -0.2) is 15.4 Å². The number of carbonyl (C=O) groups excluding carboxylic acids is 1. The van der Waals surface area contributed by atoms with Crippen LogP contribution in [-0.4, -0.2) is 33.9 Å². The van der Waals surface area contributed by atoms with Gasteiger partial charge in [0.15, 0.2) is 5.16 Å². The molecule has 0 spiro atoms. The predicted molar refractivity (Wildman–Crippen MR) is 105 cm³/mol. The van der Waals surface area contributed by atoms with Crippen LogP contribution in [0.25, 0.3) is 0 Å². The monoisotopic (exact) mass is 372 g/mol. The zero-order valence-electron chi connectivity index (χ0n) is 15.5. The van der Waals surface area contributed by atoms with Crippen molar-refractivity contribution >= 4 is 23.9 Å². The van der Waals surface area contributed by atoms with Gasteiger partial charge in [0.05, 0.1) is 18.1 Å². The third kappa shape index (κ3) is 6.48. The van der Waals surface area contributed by atoms with Crippen LogP contribution in [0.4, 0.5) is 0 Å². The third-order valence-electron chi connectivity index (χ3n) is 3.35. The summed E-state index contributed by atoms with van der Waals surface area (Å²) >= 11 is 1.31. The van der Waals surface area contributed by atoms with E-state index in [9.17, 15) is 4.79 Å². The minimum Gasteiger partial charge on any atom is -0.494 e. The lowest BCUT2D eigenvalue weighted by Crippen LogP contribution is -2.27. The third-order valence-corrected chi connectivity index (χ3v) is 4.32. The number of benzene rings is 1. The molecule has 0 unspecified atom stereocenters. The summed E-state index contributed by atoms with van der Waals surface area (Å²) in [6.45, 7) is 8.38. The highest BCUT2D eigenvalue weighted by Gasteiger charge is 2.15. The molecular formula is C19H24N4O2S. The molecule has 7 heteroatoms. The predicted octanol–water partition coefficient (Wildman–Crippen LogP) is 3.51. The SMILES string of the molecule is CCCOc1ccc(/C=N\NC(=O)[C@H](C)Sc2nc(C)cc(C)n2)cc1. The number of thioether (sulfide) groups is 1. The van der Waals surface area contributed by atoms with Crippen molar-refractivity contribution in [3.63, 3.8) is 0 Å². The summed E-state index contributed by atoms with van der Waals surface area (Å²) in [4.78, 5) is 20.8. The van der Waals surface area contributed by atoms with Gasteiger partial charge in [0.1, 0.15) is 5.75 Å². The van der Waals surface area contributed by atoms with E-state index < -0.39 is 0 Å². The van der Waals surface area contributed by atoms with E-state index >= 15 is 0 Å². The molecule has 0 fully saturated rings. The normalized spacial score (nSPS) is 12.2. The van der Waals surface area contributed by atoms with Gasteiger partial charge in [0.25, 0.3) is 5.91 Å². The Kier molecular flexibility index (Phi) is 7.59. The van der Waals surface area contributed by atoms with Crippen LogP contribution in [0.1, 0.15) is 37.2 Å². The van der Waals surface area contributed by atoms with Crippen LogP contribution < -0.4 is 10.2 Å². The first-order valence-corrected chi connectivity index (χ1v) is 9.40. The largest absolute Gasteiger partial charge is 0.494 e. The fourth-order valence-corrected chi connectivity index (χ4v) is 2.96. The van der Waals surface area contributed by atoms with Crippen LogP contribution in [0.5, 0.6) is 5.75 Å². The topological polar surface area (TPSA) is 76.5 Å². The number of aryl methyl sites for hydroxylation is 2. The molecule has 1 N–H and O–H groups in total. The van der Waals surface area contributed by atoms with Gasteiger partial charge in [-0.15, -0.1) is 0 Å². The molecule has 6 nitrogen and oxygen atoms in total. The molecule has 2 rings (SSSR count). The Morgan fingerprint density at radius 3 is 2.54 bits per heavy atom. The fourth-order valence-electron chi connectivity index (χ4n) is 2.09. The second kappa shape index (κ2) is 9.91. The van der Waals surface area contributed by atoms with Crippen molar-refractivity contribution in [3.05, 3.63) is 47.3 Å². The van der Waals surface area contributed by atoms with Crippen LogP contribution in [0, 0.1) is 13.8 Å². The molecule has 26 heavy (non-hydrogen) atoms. The number of carbonyl (C=O) groups is 1. The summed E-state index contributed by atoms with van der Waals surface area (Å²) < 4.78 is 5.53. The number of amides is 1. The Bertz CT molecular complexity index is 742. The summed E-state index contributed by atoms with van der Waals surface area (Å²) in [6, 6.07) is 9.45. The summed E-state index contributed by atoms with van der Waals surface area (Å²) in [7, 11) is 0. The van der Waals surface area contributed by atoms with Crippen LogP contribution in [0.15, 0.2) is 40.6 Å². The highest BCUT2D eigenvalue weighted by atomic mass is 32.2. The smallest absolute Gasteiger partial charge is 0.253 e. The summed E-state index contributed by atoms with van der Waals surface area (Å²) in [5.74, 6) is 0.628. The van der Waals surface area contributed by atoms with Crippen molar-refractivity contribution in [3.8, 4) is 5.75 Å². The molecule has 0 aliphatic heterocycles. The molecule has 1 atom stereocenters. The molecule has 0 saturated carbocycles. The molecule has 0 radical (unpaired) electrons. The Hall–Kier alpha value is -2.41. The summed E-state index contributed by atoms with van der Waals surface area (Å²) in [6.07, 6.45) is 2.57. The molecule has 0 saturated heterocycles. The van der Waals surface area contributed by atoms with Crippen molar-refractivity contribution in [2.75, 3.05) is 6.61 Å². The van der Waals surface area contributed by atoms with E-state index in [1.54, 1.807) is 13.1 Å². The van der Waals surface area contributed by atoms with Gasteiger partial charge < -0.3 is 4.74 Å². The number of nitrogens with one attached hydrogen (secondary N) is 1. The lowest BCUT2D eigenvalue weighted by atomic mass is 10.2. The molecule has 2 aromatic rings. The van der Waals surface area contributed by atoms with Gasteiger partial charge >= 0.3 is 0 Å². The van der Waals surface area contributed by atoms with Crippen molar-refractivity contribution < 1.29 is 9.53 Å². The minimum atomic E-state index is -0.349. The number of aromatic nitrogens is 2. The Balaban J connectivity index is 1.85. The van der Waals surface area contributed by atoms with Gasteiger partial charge in [0.2, 0.25) is 0 Å². The van der Waals surface area contributed by atoms with Gasteiger partial charge in [0, 0.05) is 11.4 Å². The van der Waals surface area contributed by atoms with Crippen LogP contribution in [0.3, 0.4) is 0 Å². The van der Waals surface area contributed by atoms with Gasteiger partial charge in [-0.3, -0.25) is 4.79 Å². The second-order valence-electron chi connectivity index (χ2n) is 5.85. The van der Waals surface area contributed by atoms with Crippen molar-refractivity contribution in [1.82, 2.24) is 15.4 Å². The van der Waals surface area contributed by atoms with Gasteiger partial charge in [-0.2, -0.15) is 5.10 Å². The molecule has 138 valence electrons. The highest BCUT2D eigenvalue weighted by molar-refractivity contribution is 8.00. The average Bonchev–Trinajstić information content (AvgIpc) is 2.60. The zero-order chi connectivity index (χ0) is 18.9. The van der Waals surface area contributed by atoms with E-state index in [1.807, 2.05) is 44.2 Å². The summed E-state index contributed by atoms with van der Waals surface area (Å²) in [5.41, 5.74) is 5.21. The van der Waals surface area contributed by atoms with Crippen molar-refractivity contribution in [2.45, 2.75) is 44.5 Å². The first-order chi connectivity index (χ1) is 12.5. The van der Waals surface area contributed by atoms with Crippen LogP contribution >= 0.6 is 11.8 Å². The highest BCUT2D eigenvalue weighted by Crippen LogP contribution is 2.20. The second-order valence-corrected chi connectivity index (χ2v) is 7.15. The van der Waals surface area contributed by atoms with Gasteiger partial charge in [-0.1, -0.05) is 18.7 Å². The molecule has 0 bridgehead atoms. The maximum absolute atomic E-state index is 12.2. The molecular weight excluding hydrogens is 348 g/mol. The van der Waals surface area contributed by atoms with E-state index in [0.717, 1.165) is 29.1 Å². The average molecular weight is 372 g/mol. The standard InChI is InChI=1S/C19H24N4O2S/c1-5-10-25-17-8-6-16(7-9-17)12-20-23-18(24)15(4)26-19-21-13(2)11-14(3)22-19/h6-9,11-12,15H,5,10H2,1-4H3,(H,23,24)/b20-12-/t15-/m0/s1. The van der Waals surface area contributed by atoms with E-state index in [0.29, 0.717) is 11.8 Å². The zero-order valence-corrected chi connectivity index (χ0v) is 16.3. The maximum Gasteiger partial charge on any atom is 0.253 e. The first kappa shape index (κ1) is 19.9. The lowest BCUT2D eigenvalue weighted by molar-refractivity contribution is -0.120. The van der Waals surface area contributed by atoms with Crippen molar-refractivity contribution in [1.29, 1.82) is 0 Å². The van der Waals surface area contributed by atoms with Crippen molar-refractivity contribution in [2.24, 2.45) is 5.10 Å². The number of ether oxygens (including phenoxy) is 1. The number of nitrogens with zero attached hydrogens (tertiary/aromatic N) is 3. The van der Waals surface area contributed by atoms with Crippen LogP contribution in [0.2, 0.25) is 0 Å². The maximum atomic E-state index is 12.2. The van der Waals surface area contributed by atoms with Gasteiger partial charge in [-0.05, 0) is 63.1 Å². The number of hydrogen-bond donors (Lipinski definition) is 1. The molecule has 1 aromatic heterocycles. The number of hydrogen-bond acceptors (Lipinski definition) is 6. The Morgan fingerprint density at radius 1 is 1.27 bits per heavy atom. The Morgan fingerprint density at radius 2 is 1.92 bits per heavy atom. The molecule has 1 heterocycles. The molecule has 1 aromatic carbocycles. The Labute approximate surface area is 158 Å². The lowest BCUT2D eigenvalue weighted by Gasteiger charge is -2.09.